The number of hydrogen-bond donors (Lipinski definition) is 2. The number of aryl methyl sites for hydroxylation is 1. The molecule has 3 N–H and O–H groups in total. The number of carbonyl (C=O) groups is 1. The highest BCUT2D eigenvalue weighted by Crippen LogP contribution is 2.12. The Morgan fingerprint density at radius 1 is 1.32 bits per heavy atom. The van der Waals surface area contributed by atoms with Crippen molar-refractivity contribution in [2.45, 2.75) is 19.8 Å². The lowest BCUT2D eigenvalue weighted by molar-refractivity contribution is 0.102. The van der Waals surface area contributed by atoms with Gasteiger partial charge in [-0.25, -0.2) is 15.0 Å². The third-order valence-electron chi connectivity index (χ3n) is 2.48. The first-order valence-electron chi connectivity index (χ1n) is 6.02. The number of nitrogens with one attached hydrogen (secondary N) is 1. The van der Waals surface area contributed by atoms with Crippen molar-refractivity contribution >= 4 is 17.4 Å². The molecule has 19 heavy (non-hydrogen) atoms. The molecule has 98 valence electrons. The molecule has 6 nitrogen and oxygen atoms in total. The van der Waals surface area contributed by atoms with E-state index in [9.17, 15) is 4.79 Å². The Bertz CT molecular complexity index is 571. The maximum atomic E-state index is 12.1. The van der Waals surface area contributed by atoms with Gasteiger partial charge in [0.1, 0.15) is 12.1 Å². The van der Waals surface area contributed by atoms with E-state index in [0.29, 0.717) is 17.1 Å². The van der Waals surface area contributed by atoms with Crippen molar-refractivity contribution in [1.82, 2.24) is 15.0 Å². The minimum atomic E-state index is -0.249. The maximum absolute atomic E-state index is 12.1. The van der Waals surface area contributed by atoms with Gasteiger partial charge in [-0.3, -0.25) is 4.79 Å². The molecule has 0 saturated heterocycles. The van der Waals surface area contributed by atoms with Crippen LogP contribution >= 0.6 is 0 Å². The lowest BCUT2D eigenvalue weighted by Gasteiger charge is -2.07. The van der Waals surface area contributed by atoms with Gasteiger partial charge in [0.2, 0.25) is 0 Å². The number of hydrogen-bond acceptors (Lipinski definition) is 5. The van der Waals surface area contributed by atoms with E-state index < -0.39 is 0 Å². The molecule has 0 saturated carbocycles. The van der Waals surface area contributed by atoms with Gasteiger partial charge >= 0.3 is 0 Å². The van der Waals surface area contributed by atoms with E-state index >= 15 is 0 Å². The predicted octanol–water partition coefficient (Wildman–Crippen LogP) is 1.66. The monoisotopic (exact) mass is 257 g/mol. The molecule has 0 atom stereocenters. The van der Waals surface area contributed by atoms with Crippen molar-refractivity contribution in [2.75, 3.05) is 11.1 Å². The van der Waals surface area contributed by atoms with Crippen LogP contribution in [0.15, 0.2) is 30.9 Å². The molecule has 6 heteroatoms. The van der Waals surface area contributed by atoms with Crippen LogP contribution < -0.4 is 11.1 Å². The second-order valence-corrected chi connectivity index (χ2v) is 4.10. The second-order valence-electron chi connectivity index (χ2n) is 4.10. The highest BCUT2D eigenvalue weighted by Gasteiger charge is 2.09. The van der Waals surface area contributed by atoms with Gasteiger partial charge in [0.05, 0.1) is 18.1 Å². The number of aromatic nitrogens is 3. The molecule has 0 unspecified atom stereocenters. The summed E-state index contributed by atoms with van der Waals surface area (Å²) in [7, 11) is 0. The number of nitrogens with zero attached hydrogens (tertiary/aromatic N) is 3. The van der Waals surface area contributed by atoms with Gasteiger partial charge in [-0.05, 0) is 18.6 Å². The Kier molecular flexibility index (Phi) is 4.02. The van der Waals surface area contributed by atoms with Crippen LogP contribution in [0.4, 0.5) is 11.5 Å². The molecule has 0 aliphatic carbocycles. The van der Waals surface area contributed by atoms with E-state index in [1.807, 2.05) is 6.92 Å². The molecule has 0 radical (unpaired) electrons. The molecular formula is C13H15N5O. The molecule has 0 aromatic carbocycles. The van der Waals surface area contributed by atoms with E-state index in [1.54, 1.807) is 12.1 Å². The number of nitrogen functional groups attached to an aromatic ring is 1. The van der Waals surface area contributed by atoms with Crippen molar-refractivity contribution in [3.63, 3.8) is 0 Å². The molecule has 2 aromatic heterocycles. The van der Waals surface area contributed by atoms with Gasteiger partial charge in [-0.1, -0.05) is 13.3 Å². The Morgan fingerprint density at radius 2 is 2.05 bits per heavy atom. The number of anilines is 2. The number of rotatable bonds is 4. The van der Waals surface area contributed by atoms with Crippen LogP contribution in [0.5, 0.6) is 0 Å². The topological polar surface area (TPSA) is 93.8 Å². The zero-order chi connectivity index (χ0) is 13.7. The largest absolute Gasteiger partial charge is 0.384 e. The summed E-state index contributed by atoms with van der Waals surface area (Å²) >= 11 is 0. The van der Waals surface area contributed by atoms with Crippen LogP contribution in [-0.4, -0.2) is 20.9 Å². The lowest BCUT2D eigenvalue weighted by Crippen LogP contribution is -2.13. The average Bonchev–Trinajstić information content (AvgIpc) is 2.39. The Morgan fingerprint density at radius 3 is 2.74 bits per heavy atom. The molecule has 0 fully saturated rings. The summed E-state index contributed by atoms with van der Waals surface area (Å²) in [4.78, 5) is 23.9. The highest BCUT2D eigenvalue weighted by molar-refractivity contribution is 6.04. The zero-order valence-corrected chi connectivity index (χ0v) is 10.6. The van der Waals surface area contributed by atoms with E-state index in [0.717, 1.165) is 18.5 Å². The van der Waals surface area contributed by atoms with Crippen LogP contribution in [0.3, 0.4) is 0 Å². The third-order valence-corrected chi connectivity index (χ3v) is 2.48. The summed E-state index contributed by atoms with van der Waals surface area (Å²) in [6, 6.07) is 3.30. The molecule has 2 heterocycles. The first-order chi connectivity index (χ1) is 9.19. The molecule has 0 aliphatic heterocycles. The Labute approximate surface area is 111 Å². The first kappa shape index (κ1) is 12.9. The molecular weight excluding hydrogens is 242 g/mol. The molecule has 0 spiro atoms. The quantitative estimate of drug-likeness (QED) is 0.868. The van der Waals surface area contributed by atoms with Gasteiger partial charge in [0.25, 0.3) is 5.91 Å². The lowest BCUT2D eigenvalue weighted by atomic mass is 10.1. The van der Waals surface area contributed by atoms with Crippen LogP contribution in [0.1, 0.15) is 29.4 Å². The fourth-order valence-corrected chi connectivity index (χ4v) is 1.69. The van der Waals surface area contributed by atoms with E-state index in [4.69, 9.17) is 5.73 Å². The standard InChI is InChI=1S/C13H15N5O/c1-2-3-10-4-9(5-12(14)17-10)13(19)18-11-6-15-8-16-7-11/h4-8H,2-3H2,1H3,(H2,14,17)(H,18,19). The summed E-state index contributed by atoms with van der Waals surface area (Å²) < 4.78 is 0. The van der Waals surface area contributed by atoms with Crippen molar-refractivity contribution in [1.29, 1.82) is 0 Å². The fourth-order valence-electron chi connectivity index (χ4n) is 1.69. The highest BCUT2D eigenvalue weighted by atomic mass is 16.1. The van der Waals surface area contributed by atoms with Crippen molar-refractivity contribution < 1.29 is 4.79 Å². The van der Waals surface area contributed by atoms with Crippen LogP contribution in [-0.2, 0) is 6.42 Å². The van der Waals surface area contributed by atoms with E-state index in [2.05, 4.69) is 20.3 Å². The maximum Gasteiger partial charge on any atom is 0.255 e. The summed E-state index contributed by atoms with van der Waals surface area (Å²) in [5, 5.41) is 2.71. The summed E-state index contributed by atoms with van der Waals surface area (Å²) in [6.07, 6.45) is 6.20. The molecule has 2 rings (SSSR count). The molecule has 0 bridgehead atoms. The Hall–Kier alpha value is -2.50. The van der Waals surface area contributed by atoms with Gasteiger partial charge < -0.3 is 11.1 Å². The molecule has 1 amide bonds. The minimum Gasteiger partial charge on any atom is -0.384 e. The average molecular weight is 257 g/mol. The first-order valence-corrected chi connectivity index (χ1v) is 6.02. The van der Waals surface area contributed by atoms with Crippen molar-refractivity contribution in [3.05, 3.63) is 42.1 Å². The summed E-state index contributed by atoms with van der Waals surface area (Å²) in [5.41, 5.74) is 7.55. The van der Waals surface area contributed by atoms with Crippen LogP contribution in [0, 0.1) is 0 Å². The minimum absolute atomic E-state index is 0.249. The van der Waals surface area contributed by atoms with Gasteiger partial charge in [0, 0.05) is 11.3 Å². The molecule has 2 aromatic rings. The number of carbonyl (C=O) groups excluding carboxylic acids is 1. The third kappa shape index (κ3) is 3.48. The summed E-state index contributed by atoms with van der Waals surface area (Å²) in [5.74, 6) is 0.0988. The smallest absolute Gasteiger partial charge is 0.255 e. The van der Waals surface area contributed by atoms with Gasteiger partial charge in [-0.2, -0.15) is 0 Å². The fraction of sp³-hybridized carbons (Fsp3) is 0.231. The van der Waals surface area contributed by atoms with Crippen LogP contribution in [0.25, 0.3) is 0 Å². The van der Waals surface area contributed by atoms with Gasteiger partial charge in [0.15, 0.2) is 0 Å². The predicted molar refractivity (Wildman–Crippen MR) is 72.6 cm³/mol. The van der Waals surface area contributed by atoms with Gasteiger partial charge in [-0.15, -0.1) is 0 Å². The number of pyridine rings is 1. The summed E-state index contributed by atoms with van der Waals surface area (Å²) in [6.45, 7) is 2.05. The Balaban J connectivity index is 2.19. The van der Waals surface area contributed by atoms with Crippen molar-refractivity contribution in [3.8, 4) is 0 Å². The number of nitrogens with two attached hydrogens (primary N) is 1. The molecule has 0 aliphatic rings. The van der Waals surface area contributed by atoms with E-state index in [1.165, 1.54) is 18.7 Å². The SMILES string of the molecule is CCCc1cc(C(=O)Nc2cncnc2)cc(N)n1. The van der Waals surface area contributed by atoms with Crippen molar-refractivity contribution in [2.24, 2.45) is 0 Å². The van der Waals surface area contributed by atoms with E-state index in [-0.39, 0.29) is 5.91 Å². The van der Waals surface area contributed by atoms with Crippen LogP contribution in [0.2, 0.25) is 0 Å². The zero-order valence-electron chi connectivity index (χ0n) is 10.6. The normalized spacial score (nSPS) is 10.2. The number of amides is 1. The second kappa shape index (κ2) is 5.90.